The van der Waals surface area contributed by atoms with E-state index in [2.05, 4.69) is 15.0 Å². The van der Waals surface area contributed by atoms with Gasteiger partial charge in [0, 0.05) is 18.0 Å². The first-order valence-corrected chi connectivity index (χ1v) is 8.12. The molecule has 2 aromatic heterocycles. The first kappa shape index (κ1) is 16.6. The molecule has 1 amide bonds. The van der Waals surface area contributed by atoms with Crippen molar-refractivity contribution in [2.45, 2.75) is 20.4 Å². The molecule has 0 spiro atoms. The largest absolute Gasteiger partial charge is 0.423 e. The summed E-state index contributed by atoms with van der Waals surface area (Å²) in [5, 5.41) is 0. The Morgan fingerprint density at radius 2 is 1.88 bits per heavy atom. The molecule has 4 rings (SSSR count). The number of nitrogens with zero attached hydrogens (tertiary/aromatic N) is 4. The summed E-state index contributed by atoms with van der Waals surface area (Å²) in [5.41, 5.74) is 1.70. The molecule has 1 aliphatic rings. The number of aromatic nitrogens is 3. The van der Waals surface area contributed by atoms with E-state index in [-0.39, 0.29) is 11.9 Å². The molecule has 0 saturated carbocycles. The standard InChI is InChI=1S/C17H12N4O2.C2H6/c22-16-14-6-2-1-4-12(14)11-21(16)15-7-9-19-17(20-15)23-13-5-3-8-18-10-13;1-2/h1-10H,11H2;1-2H3. The van der Waals surface area contributed by atoms with E-state index in [0.29, 0.717) is 23.7 Å². The molecule has 1 aromatic carbocycles. The van der Waals surface area contributed by atoms with Crippen LogP contribution in [0.3, 0.4) is 0 Å². The highest BCUT2D eigenvalue weighted by Gasteiger charge is 2.29. The van der Waals surface area contributed by atoms with Gasteiger partial charge in [-0.15, -0.1) is 0 Å². The van der Waals surface area contributed by atoms with E-state index in [0.717, 1.165) is 5.56 Å². The fraction of sp³-hybridized carbons (Fsp3) is 0.158. The lowest BCUT2D eigenvalue weighted by molar-refractivity contribution is 0.0996. The minimum Gasteiger partial charge on any atom is -0.423 e. The Labute approximate surface area is 146 Å². The van der Waals surface area contributed by atoms with E-state index < -0.39 is 0 Å². The van der Waals surface area contributed by atoms with Crippen LogP contribution in [0.25, 0.3) is 0 Å². The molecule has 0 atom stereocenters. The number of fused-ring (bicyclic) bond motifs is 1. The second kappa shape index (κ2) is 7.53. The third-order valence-electron chi connectivity index (χ3n) is 3.56. The highest BCUT2D eigenvalue weighted by atomic mass is 16.5. The minimum atomic E-state index is -0.0633. The van der Waals surface area contributed by atoms with Crippen molar-refractivity contribution in [3.8, 4) is 11.8 Å². The van der Waals surface area contributed by atoms with Gasteiger partial charge in [0.25, 0.3) is 5.91 Å². The molecule has 25 heavy (non-hydrogen) atoms. The van der Waals surface area contributed by atoms with E-state index in [1.807, 2.05) is 38.1 Å². The Balaban J connectivity index is 0.000000880. The number of amides is 1. The van der Waals surface area contributed by atoms with E-state index in [4.69, 9.17) is 4.74 Å². The third-order valence-corrected chi connectivity index (χ3v) is 3.56. The Bertz CT molecular complexity index is 868. The Morgan fingerprint density at radius 1 is 1.04 bits per heavy atom. The number of rotatable bonds is 3. The molecule has 0 radical (unpaired) electrons. The van der Waals surface area contributed by atoms with Crippen molar-refractivity contribution < 1.29 is 9.53 Å². The SMILES string of the molecule is CC.O=C1c2ccccc2CN1c1ccnc(Oc2cccnc2)n1. The van der Waals surface area contributed by atoms with Gasteiger partial charge in [-0.05, 0) is 29.8 Å². The van der Waals surface area contributed by atoms with Gasteiger partial charge in [-0.1, -0.05) is 32.0 Å². The van der Waals surface area contributed by atoms with Gasteiger partial charge >= 0.3 is 6.01 Å². The summed E-state index contributed by atoms with van der Waals surface area (Å²) >= 11 is 0. The fourth-order valence-corrected chi connectivity index (χ4v) is 2.48. The molecule has 0 fully saturated rings. The molecule has 126 valence electrons. The number of benzene rings is 1. The van der Waals surface area contributed by atoms with Crippen molar-refractivity contribution in [2.75, 3.05) is 4.90 Å². The highest BCUT2D eigenvalue weighted by molar-refractivity contribution is 6.09. The van der Waals surface area contributed by atoms with Crippen molar-refractivity contribution >= 4 is 11.7 Å². The number of hydrogen-bond donors (Lipinski definition) is 0. The fourth-order valence-electron chi connectivity index (χ4n) is 2.48. The Hall–Kier alpha value is -3.28. The topological polar surface area (TPSA) is 68.2 Å². The van der Waals surface area contributed by atoms with Crippen LogP contribution in [0.5, 0.6) is 11.8 Å². The number of pyridine rings is 1. The average molecular weight is 334 g/mol. The summed E-state index contributed by atoms with van der Waals surface area (Å²) in [5.74, 6) is 0.993. The predicted molar refractivity (Wildman–Crippen MR) is 94.6 cm³/mol. The molecule has 0 unspecified atom stereocenters. The van der Waals surface area contributed by atoms with Gasteiger partial charge in [0.05, 0.1) is 12.7 Å². The highest BCUT2D eigenvalue weighted by Crippen LogP contribution is 2.28. The minimum absolute atomic E-state index is 0.0633. The Morgan fingerprint density at radius 3 is 2.64 bits per heavy atom. The van der Waals surface area contributed by atoms with E-state index in [1.165, 1.54) is 0 Å². The van der Waals surface area contributed by atoms with E-state index in [1.54, 1.807) is 41.7 Å². The molecule has 3 heterocycles. The molecule has 6 heteroatoms. The predicted octanol–water partition coefficient (Wildman–Crippen LogP) is 3.85. The summed E-state index contributed by atoms with van der Waals surface area (Å²) in [6.07, 6.45) is 4.81. The van der Waals surface area contributed by atoms with Crippen LogP contribution in [0.4, 0.5) is 5.82 Å². The second-order valence-electron chi connectivity index (χ2n) is 5.04. The summed E-state index contributed by atoms with van der Waals surface area (Å²) in [6.45, 7) is 4.50. The third kappa shape index (κ3) is 3.47. The average Bonchev–Trinajstić information content (AvgIpc) is 3.02. The van der Waals surface area contributed by atoms with Gasteiger partial charge in [0.1, 0.15) is 11.6 Å². The lowest BCUT2D eigenvalue weighted by Crippen LogP contribution is -2.24. The lowest BCUT2D eigenvalue weighted by atomic mass is 10.1. The zero-order valence-corrected chi connectivity index (χ0v) is 14.1. The van der Waals surface area contributed by atoms with Crippen molar-refractivity contribution in [2.24, 2.45) is 0 Å². The summed E-state index contributed by atoms with van der Waals surface area (Å²) < 4.78 is 5.57. The van der Waals surface area contributed by atoms with Crippen LogP contribution >= 0.6 is 0 Å². The molecule has 0 saturated heterocycles. The summed E-state index contributed by atoms with van der Waals surface area (Å²) in [6, 6.07) is 13.0. The van der Waals surface area contributed by atoms with Gasteiger partial charge < -0.3 is 4.74 Å². The second-order valence-corrected chi connectivity index (χ2v) is 5.04. The van der Waals surface area contributed by atoms with Crippen molar-refractivity contribution in [1.82, 2.24) is 15.0 Å². The molecule has 3 aromatic rings. The molecule has 0 N–H and O–H groups in total. The van der Waals surface area contributed by atoms with Crippen LogP contribution in [0.1, 0.15) is 29.8 Å². The van der Waals surface area contributed by atoms with Gasteiger partial charge in [-0.25, -0.2) is 4.98 Å². The van der Waals surface area contributed by atoms with Gasteiger partial charge in [0.15, 0.2) is 0 Å². The monoisotopic (exact) mass is 334 g/mol. The van der Waals surface area contributed by atoms with Crippen molar-refractivity contribution in [3.05, 3.63) is 72.2 Å². The van der Waals surface area contributed by atoms with E-state index >= 15 is 0 Å². The molecular weight excluding hydrogens is 316 g/mol. The zero-order chi connectivity index (χ0) is 17.6. The van der Waals surface area contributed by atoms with E-state index in [9.17, 15) is 4.79 Å². The molecular formula is C19H18N4O2. The van der Waals surface area contributed by atoms with Crippen LogP contribution in [0.2, 0.25) is 0 Å². The number of ether oxygens (including phenoxy) is 1. The maximum Gasteiger partial charge on any atom is 0.323 e. The van der Waals surface area contributed by atoms with Gasteiger partial charge in [-0.3, -0.25) is 14.7 Å². The number of carbonyl (C=O) groups excluding carboxylic acids is 1. The molecule has 0 bridgehead atoms. The number of anilines is 1. The smallest absolute Gasteiger partial charge is 0.323 e. The molecule has 0 aliphatic carbocycles. The van der Waals surface area contributed by atoms with Crippen LogP contribution in [-0.4, -0.2) is 20.9 Å². The normalized spacial score (nSPS) is 12.2. The molecule has 6 nitrogen and oxygen atoms in total. The number of carbonyl (C=O) groups is 1. The zero-order valence-electron chi connectivity index (χ0n) is 14.1. The van der Waals surface area contributed by atoms with Crippen LogP contribution in [-0.2, 0) is 6.54 Å². The Kier molecular flexibility index (Phi) is 4.99. The maximum absolute atomic E-state index is 12.5. The number of hydrogen-bond acceptors (Lipinski definition) is 5. The van der Waals surface area contributed by atoms with Crippen molar-refractivity contribution in [3.63, 3.8) is 0 Å². The van der Waals surface area contributed by atoms with Crippen LogP contribution in [0, 0.1) is 0 Å². The van der Waals surface area contributed by atoms with Crippen molar-refractivity contribution in [1.29, 1.82) is 0 Å². The van der Waals surface area contributed by atoms with Gasteiger partial charge in [-0.2, -0.15) is 4.98 Å². The first-order chi connectivity index (χ1) is 12.3. The summed E-state index contributed by atoms with van der Waals surface area (Å²) in [4.78, 5) is 26.5. The molecule has 1 aliphatic heterocycles. The summed E-state index contributed by atoms with van der Waals surface area (Å²) in [7, 11) is 0. The van der Waals surface area contributed by atoms with Gasteiger partial charge in [0.2, 0.25) is 0 Å². The lowest BCUT2D eigenvalue weighted by Gasteiger charge is -2.14. The van der Waals surface area contributed by atoms with Crippen LogP contribution in [0.15, 0.2) is 61.1 Å². The quantitative estimate of drug-likeness (QED) is 0.728. The maximum atomic E-state index is 12.5. The first-order valence-electron chi connectivity index (χ1n) is 8.12. The van der Waals surface area contributed by atoms with Crippen LogP contribution < -0.4 is 9.64 Å².